The highest BCUT2D eigenvalue weighted by Crippen LogP contribution is 2.34. The van der Waals surface area contributed by atoms with Crippen molar-refractivity contribution in [3.05, 3.63) is 94.6 Å². The molecule has 5 rings (SSSR count). The molecule has 0 radical (unpaired) electrons. The van der Waals surface area contributed by atoms with Crippen LogP contribution in [0, 0.1) is 5.82 Å². The van der Waals surface area contributed by atoms with E-state index in [1.54, 1.807) is 29.3 Å². The lowest BCUT2D eigenvalue weighted by atomic mass is 10.1. The van der Waals surface area contributed by atoms with E-state index in [4.69, 9.17) is 20.5 Å². The quantitative estimate of drug-likeness (QED) is 0.389. The van der Waals surface area contributed by atoms with Gasteiger partial charge in [0, 0.05) is 29.6 Å². The van der Waals surface area contributed by atoms with Crippen LogP contribution >= 0.6 is 11.6 Å². The number of hydrogen-bond acceptors (Lipinski definition) is 5. The molecule has 3 heterocycles. The Labute approximate surface area is 188 Å². The first-order chi connectivity index (χ1) is 15.6. The van der Waals surface area contributed by atoms with Gasteiger partial charge >= 0.3 is 0 Å². The number of halogens is 2. The van der Waals surface area contributed by atoms with E-state index in [2.05, 4.69) is 10.1 Å². The first-order valence-corrected chi connectivity index (χ1v) is 10.7. The van der Waals surface area contributed by atoms with Crippen molar-refractivity contribution < 1.29 is 18.1 Å². The minimum absolute atomic E-state index is 0.0584. The summed E-state index contributed by atoms with van der Waals surface area (Å²) in [6.07, 6.45) is 3.83. The molecule has 1 fully saturated rings. The number of hydrogen-bond donors (Lipinski definition) is 0. The van der Waals surface area contributed by atoms with Gasteiger partial charge in [-0.25, -0.2) is 9.37 Å². The molecule has 1 aliphatic rings. The molecule has 6 nitrogen and oxygen atoms in total. The minimum atomic E-state index is -0.424. The maximum atomic E-state index is 14.0. The van der Waals surface area contributed by atoms with Crippen molar-refractivity contribution in [3.8, 4) is 11.3 Å². The number of carbonyl (C=O) groups is 1. The highest BCUT2D eigenvalue weighted by atomic mass is 35.5. The van der Waals surface area contributed by atoms with E-state index < -0.39 is 5.82 Å². The van der Waals surface area contributed by atoms with Crippen LogP contribution in [0.4, 0.5) is 4.39 Å². The van der Waals surface area contributed by atoms with Gasteiger partial charge in [0.1, 0.15) is 23.3 Å². The van der Waals surface area contributed by atoms with Crippen LogP contribution in [0.25, 0.3) is 11.3 Å². The molecule has 32 heavy (non-hydrogen) atoms. The molecule has 1 amide bonds. The van der Waals surface area contributed by atoms with Crippen LogP contribution in [0.5, 0.6) is 0 Å². The first kappa shape index (κ1) is 20.5. The molecule has 0 saturated carbocycles. The van der Waals surface area contributed by atoms with Gasteiger partial charge in [-0.05, 0) is 42.7 Å². The van der Waals surface area contributed by atoms with Crippen molar-refractivity contribution in [2.75, 3.05) is 6.54 Å². The molecule has 0 bridgehead atoms. The summed E-state index contributed by atoms with van der Waals surface area (Å²) in [5.41, 5.74) is 1.62. The van der Waals surface area contributed by atoms with Crippen molar-refractivity contribution in [2.24, 2.45) is 0 Å². The summed E-state index contributed by atoms with van der Waals surface area (Å²) in [7, 11) is 0. The van der Waals surface area contributed by atoms with Crippen LogP contribution in [-0.4, -0.2) is 27.5 Å². The predicted octanol–water partition coefficient (Wildman–Crippen LogP) is 5.69. The highest BCUT2D eigenvalue weighted by molar-refractivity contribution is 6.30. The molecule has 162 valence electrons. The van der Waals surface area contributed by atoms with Gasteiger partial charge in [-0.15, -0.1) is 0 Å². The molecule has 4 aromatic rings. The summed E-state index contributed by atoms with van der Waals surface area (Å²) in [5, 5.41) is 4.56. The first-order valence-electron chi connectivity index (χ1n) is 10.3. The number of oxazole rings is 1. The normalized spacial score (nSPS) is 15.9. The maximum absolute atomic E-state index is 14.0. The van der Waals surface area contributed by atoms with Gasteiger partial charge < -0.3 is 13.8 Å². The number of likely N-dealkylation sites (tertiary alicyclic amines) is 1. The molecule has 2 aromatic heterocycles. The monoisotopic (exact) mass is 451 g/mol. The lowest BCUT2D eigenvalue weighted by molar-refractivity contribution is 0.0672. The van der Waals surface area contributed by atoms with Gasteiger partial charge in [0.2, 0.25) is 11.7 Å². The molecule has 0 aliphatic carbocycles. The summed E-state index contributed by atoms with van der Waals surface area (Å²) >= 11 is 5.94. The average molecular weight is 452 g/mol. The Bertz CT molecular complexity index is 1250. The van der Waals surface area contributed by atoms with Crippen LogP contribution in [0.3, 0.4) is 0 Å². The third kappa shape index (κ3) is 4.03. The molecule has 0 unspecified atom stereocenters. The Balaban J connectivity index is 1.33. The van der Waals surface area contributed by atoms with Crippen molar-refractivity contribution in [3.63, 3.8) is 0 Å². The fraction of sp³-hybridized carbons (Fsp3) is 0.208. The summed E-state index contributed by atoms with van der Waals surface area (Å²) < 4.78 is 25.3. The van der Waals surface area contributed by atoms with E-state index in [9.17, 15) is 9.18 Å². The van der Waals surface area contributed by atoms with E-state index in [0.29, 0.717) is 29.6 Å². The summed E-state index contributed by atoms with van der Waals surface area (Å²) in [4.78, 5) is 19.2. The average Bonchev–Trinajstić information content (AvgIpc) is 3.56. The topological polar surface area (TPSA) is 72.4 Å². The zero-order chi connectivity index (χ0) is 22.1. The molecule has 0 spiro atoms. The molecule has 1 saturated heterocycles. The molecule has 1 aliphatic heterocycles. The molecule has 1 atom stereocenters. The van der Waals surface area contributed by atoms with Crippen molar-refractivity contribution in [2.45, 2.75) is 25.3 Å². The SMILES string of the molecule is O=C(c1cc(-c2ccccc2F)no1)N1CCC[C@H]1c1ncc(Cc2ccc(Cl)cc2)o1. The maximum Gasteiger partial charge on any atom is 0.293 e. The summed E-state index contributed by atoms with van der Waals surface area (Å²) in [5.74, 6) is 0.520. The Hall–Kier alpha value is -3.45. The van der Waals surface area contributed by atoms with Gasteiger partial charge in [0.05, 0.1) is 6.20 Å². The predicted molar refractivity (Wildman–Crippen MR) is 116 cm³/mol. The van der Waals surface area contributed by atoms with Crippen LogP contribution in [0.2, 0.25) is 5.02 Å². The number of carbonyl (C=O) groups excluding carboxylic acids is 1. The molecular formula is C24H19ClFN3O3. The Morgan fingerprint density at radius 3 is 2.81 bits per heavy atom. The van der Waals surface area contributed by atoms with Gasteiger partial charge in [-0.1, -0.05) is 41.0 Å². The number of rotatable bonds is 5. The van der Waals surface area contributed by atoms with E-state index in [1.807, 2.05) is 24.3 Å². The second-order valence-electron chi connectivity index (χ2n) is 7.68. The van der Waals surface area contributed by atoms with Crippen LogP contribution in [0.1, 0.15) is 46.7 Å². The van der Waals surface area contributed by atoms with Gasteiger partial charge in [-0.3, -0.25) is 4.79 Å². The smallest absolute Gasteiger partial charge is 0.293 e. The van der Waals surface area contributed by atoms with Crippen molar-refractivity contribution in [1.29, 1.82) is 0 Å². The molecule has 0 N–H and O–H groups in total. The zero-order valence-electron chi connectivity index (χ0n) is 17.0. The van der Waals surface area contributed by atoms with Gasteiger partial charge in [0.25, 0.3) is 5.91 Å². The Morgan fingerprint density at radius 2 is 2.00 bits per heavy atom. The van der Waals surface area contributed by atoms with Gasteiger partial charge in [0.15, 0.2) is 0 Å². The van der Waals surface area contributed by atoms with E-state index in [-0.39, 0.29) is 29.0 Å². The number of aromatic nitrogens is 2. The number of nitrogens with zero attached hydrogens (tertiary/aromatic N) is 3. The van der Waals surface area contributed by atoms with Crippen LogP contribution < -0.4 is 0 Å². The standard InChI is InChI=1S/C24H19ClFN3O3/c25-16-9-7-15(8-10-16)12-17-14-27-23(31-17)21-6-3-11-29(21)24(30)22-13-20(28-32-22)18-4-1-2-5-19(18)26/h1-2,4-5,7-10,13-14,21H,3,6,11-12H2/t21-/m0/s1. The second kappa shape index (κ2) is 8.59. The lowest BCUT2D eigenvalue weighted by Crippen LogP contribution is -2.30. The van der Waals surface area contributed by atoms with Crippen molar-refractivity contribution in [1.82, 2.24) is 15.0 Å². The third-order valence-corrected chi connectivity index (χ3v) is 5.78. The summed E-state index contributed by atoms with van der Waals surface area (Å²) in [6, 6.07) is 15.0. The Kier molecular flexibility index (Phi) is 5.49. The number of benzene rings is 2. The highest BCUT2D eigenvalue weighted by Gasteiger charge is 2.35. The molecular weight excluding hydrogens is 433 g/mol. The van der Waals surface area contributed by atoms with Crippen molar-refractivity contribution >= 4 is 17.5 Å². The number of amides is 1. The summed E-state index contributed by atoms with van der Waals surface area (Å²) in [6.45, 7) is 0.550. The fourth-order valence-corrected chi connectivity index (χ4v) is 4.07. The lowest BCUT2D eigenvalue weighted by Gasteiger charge is -2.20. The van der Waals surface area contributed by atoms with E-state index in [1.165, 1.54) is 12.1 Å². The largest absolute Gasteiger partial charge is 0.443 e. The van der Waals surface area contributed by atoms with E-state index in [0.717, 1.165) is 18.4 Å². The van der Waals surface area contributed by atoms with Gasteiger partial charge in [-0.2, -0.15) is 0 Å². The fourth-order valence-electron chi connectivity index (χ4n) is 3.94. The van der Waals surface area contributed by atoms with Crippen LogP contribution in [-0.2, 0) is 6.42 Å². The molecule has 8 heteroatoms. The van der Waals surface area contributed by atoms with E-state index >= 15 is 0 Å². The zero-order valence-corrected chi connectivity index (χ0v) is 17.8. The van der Waals surface area contributed by atoms with Crippen LogP contribution in [0.15, 0.2) is 69.7 Å². The molecule has 2 aromatic carbocycles. The second-order valence-corrected chi connectivity index (χ2v) is 8.12. The minimum Gasteiger partial charge on any atom is -0.443 e. The Morgan fingerprint density at radius 1 is 1.19 bits per heavy atom. The third-order valence-electron chi connectivity index (χ3n) is 5.53.